The molecule has 0 radical (unpaired) electrons. The van der Waals surface area contributed by atoms with Crippen molar-refractivity contribution >= 4 is 46.8 Å². The molecule has 0 bridgehead atoms. The Morgan fingerprint density at radius 1 is 1.08 bits per heavy atom. The molecule has 8 heteroatoms. The fourth-order valence-corrected chi connectivity index (χ4v) is 2.60. The summed E-state index contributed by atoms with van der Waals surface area (Å²) in [5.74, 6) is 1.59. The highest BCUT2D eigenvalue weighted by Crippen LogP contribution is 2.30. The number of hydrogen-bond donors (Lipinski definition) is 2. The minimum absolute atomic E-state index is 0.0622. The summed E-state index contributed by atoms with van der Waals surface area (Å²) in [5.41, 5.74) is 7.34. The lowest BCUT2D eigenvalue weighted by atomic mass is 10.3. The predicted octanol–water partition coefficient (Wildman–Crippen LogP) is 2.98. The first-order chi connectivity index (χ1) is 11.7. The largest absolute Gasteiger partial charge is 0.384 e. The maximum Gasteiger partial charge on any atom is 0.287 e. The molecule has 24 heavy (non-hydrogen) atoms. The summed E-state index contributed by atoms with van der Waals surface area (Å²) >= 11 is 5.91. The maximum absolute atomic E-state index is 5.91. The topological polar surface area (TPSA) is 88.0 Å². The van der Waals surface area contributed by atoms with Crippen LogP contribution in [0.25, 0.3) is 0 Å². The SMILES string of the molecule is Nc1ccc([N+]23C=CN=CC2=NC(Nc2ccc(Cl)cc2)=N3)cn1. The molecule has 118 valence electrons. The quantitative estimate of drug-likeness (QED) is 0.825. The van der Waals surface area contributed by atoms with E-state index in [0.29, 0.717) is 22.6 Å². The van der Waals surface area contributed by atoms with Crippen LogP contribution in [-0.2, 0) is 0 Å². The lowest BCUT2D eigenvalue weighted by Crippen LogP contribution is -2.44. The summed E-state index contributed by atoms with van der Waals surface area (Å²) in [6.45, 7) is 0. The minimum Gasteiger partial charge on any atom is -0.384 e. The number of benzene rings is 1. The second kappa shape index (κ2) is 5.55. The van der Waals surface area contributed by atoms with E-state index < -0.39 is 0 Å². The van der Waals surface area contributed by atoms with Gasteiger partial charge in [0.1, 0.15) is 12.0 Å². The first-order valence-electron chi connectivity index (χ1n) is 7.19. The van der Waals surface area contributed by atoms with Crippen LogP contribution in [0.15, 0.2) is 70.1 Å². The van der Waals surface area contributed by atoms with Gasteiger partial charge in [-0.1, -0.05) is 16.2 Å². The number of aromatic nitrogens is 1. The molecule has 0 aliphatic carbocycles. The molecule has 3 N–H and O–H groups in total. The number of nitrogen functional groups attached to an aromatic ring is 1. The van der Waals surface area contributed by atoms with Gasteiger partial charge in [0.25, 0.3) is 11.8 Å². The van der Waals surface area contributed by atoms with Crippen molar-refractivity contribution in [3.05, 3.63) is 60.0 Å². The molecule has 1 atom stereocenters. The van der Waals surface area contributed by atoms with Gasteiger partial charge in [-0.2, -0.15) is 4.99 Å². The normalized spacial score (nSPS) is 21.2. The van der Waals surface area contributed by atoms with E-state index in [1.54, 1.807) is 36.8 Å². The van der Waals surface area contributed by atoms with Crippen LogP contribution < -0.4 is 15.6 Å². The Morgan fingerprint density at radius 2 is 1.92 bits per heavy atom. The van der Waals surface area contributed by atoms with E-state index in [-0.39, 0.29) is 4.59 Å². The van der Waals surface area contributed by atoms with E-state index in [9.17, 15) is 0 Å². The van der Waals surface area contributed by atoms with Gasteiger partial charge in [0, 0.05) is 16.8 Å². The molecule has 0 saturated carbocycles. The Balaban J connectivity index is 1.72. The second-order valence-electron chi connectivity index (χ2n) is 5.23. The Hall–Kier alpha value is -3.03. The number of guanidine groups is 1. The number of amidine groups is 1. The number of nitrogens with one attached hydrogen (secondary N) is 1. The monoisotopic (exact) mass is 338 g/mol. The first kappa shape index (κ1) is 14.6. The highest BCUT2D eigenvalue weighted by Gasteiger charge is 2.43. The number of aliphatic imine (C=N–C) groups is 2. The van der Waals surface area contributed by atoms with Crippen molar-refractivity contribution in [1.82, 2.24) is 9.58 Å². The standard InChI is InChI=1S/C16H13ClN7/c17-11-1-3-12(4-2-11)21-16-22-15-10-19-7-8-24(15,23-16)13-5-6-14(18)20-9-13/h1-10H,(H2,18,20)(H,21,23)/q+1. The van der Waals surface area contributed by atoms with Gasteiger partial charge in [-0.25, -0.2) is 4.98 Å². The van der Waals surface area contributed by atoms with Gasteiger partial charge in [0.15, 0.2) is 11.9 Å². The number of pyridine rings is 1. The van der Waals surface area contributed by atoms with Crippen molar-refractivity contribution in [2.24, 2.45) is 15.1 Å². The molecule has 0 saturated heterocycles. The maximum atomic E-state index is 5.91. The Morgan fingerprint density at radius 3 is 2.67 bits per heavy atom. The predicted molar refractivity (Wildman–Crippen MR) is 98.0 cm³/mol. The zero-order chi connectivity index (χ0) is 16.6. The molecule has 3 heterocycles. The summed E-state index contributed by atoms with van der Waals surface area (Å²) in [6.07, 6.45) is 6.88. The molecular formula is C16H13ClN7+. The van der Waals surface area contributed by atoms with Gasteiger partial charge < -0.3 is 11.1 Å². The number of nitrogens with zero attached hydrogens (tertiary/aromatic N) is 5. The van der Waals surface area contributed by atoms with Gasteiger partial charge in [-0.3, -0.25) is 4.99 Å². The number of anilines is 2. The van der Waals surface area contributed by atoms with Gasteiger partial charge >= 0.3 is 0 Å². The molecule has 0 amide bonds. The molecule has 1 aromatic carbocycles. The molecule has 4 rings (SSSR count). The van der Waals surface area contributed by atoms with E-state index in [0.717, 1.165) is 11.4 Å². The van der Waals surface area contributed by atoms with Crippen LogP contribution in [0.1, 0.15) is 0 Å². The van der Waals surface area contributed by atoms with Gasteiger partial charge in [-0.15, -0.1) is 0 Å². The minimum atomic E-state index is 0.0622. The van der Waals surface area contributed by atoms with Crippen LogP contribution in [0.5, 0.6) is 0 Å². The van der Waals surface area contributed by atoms with Gasteiger partial charge in [-0.05, 0) is 35.4 Å². The summed E-state index contributed by atoms with van der Waals surface area (Å²) in [4.78, 5) is 12.8. The molecule has 2 aromatic rings. The molecule has 7 nitrogen and oxygen atoms in total. The zero-order valence-corrected chi connectivity index (χ0v) is 13.2. The van der Waals surface area contributed by atoms with Crippen molar-refractivity contribution in [2.45, 2.75) is 0 Å². The molecular weight excluding hydrogens is 326 g/mol. The number of hydrogen-bond acceptors (Lipinski definition) is 6. The first-order valence-corrected chi connectivity index (χ1v) is 7.57. The average Bonchev–Trinajstić information content (AvgIpc) is 2.96. The van der Waals surface area contributed by atoms with E-state index >= 15 is 0 Å². The van der Waals surface area contributed by atoms with Crippen molar-refractivity contribution < 1.29 is 0 Å². The van der Waals surface area contributed by atoms with E-state index in [1.807, 2.05) is 24.4 Å². The molecule has 0 fully saturated rings. The van der Waals surface area contributed by atoms with Crippen molar-refractivity contribution in [3.63, 3.8) is 0 Å². The molecule has 1 aromatic heterocycles. The fourth-order valence-electron chi connectivity index (χ4n) is 2.47. The van der Waals surface area contributed by atoms with E-state index in [1.165, 1.54) is 0 Å². The second-order valence-corrected chi connectivity index (χ2v) is 5.66. The summed E-state index contributed by atoms with van der Waals surface area (Å²) in [6, 6.07) is 10.9. The van der Waals surface area contributed by atoms with E-state index in [2.05, 4.69) is 20.3 Å². The van der Waals surface area contributed by atoms with Crippen LogP contribution in [0.3, 0.4) is 0 Å². The molecule has 2 aliphatic rings. The van der Waals surface area contributed by atoms with Crippen molar-refractivity contribution in [1.29, 1.82) is 0 Å². The lowest BCUT2D eigenvalue weighted by molar-refractivity contribution is 0.590. The summed E-state index contributed by atoms with van der Waals surface area (Å²) in [7, 11) is 0. The fraction of sp³-hybridized carbons (Fsp3) is 0. The van der Waals surface area contributed by atoms with Crippen LogP contribution in [0.2, 0.25) is 5.02 Å². The molecule has 1 unspecified atom stereocenters. The van der Waals surface area contributed by atoms with Crippen molar-refractivity contribution in [2.75, 3.05) is 11.1 Å². The average molecular weight is 339 g/mol. The third-order valence-corrected chi connectivity index (χ3v) is 3.90. The third-order valence-electron chi connectivity index (χ3n) is 3.65. The summed E-state index contributed by atoms with van der Waals surface area (Å²) in [5, 5.41) is 8.56. The smallest absolute Gasteiger partial charge is 0.287 e. The van der Waals surface area contributed by atoms with Gasteiger partial charge in [0.2, 0.25) is 0 Å². The van der Waals surface area contributed by atoms with Crippen LogP contribution in [0.4, 0.5) is 17.2 Å². The van der Waals surface area contributed by atoms with Gasteiger partial charge in [0.05, 0.1) is 12.4 Å². The number of quaternary nitrogens is 1. The third kappa shape index (κ3) is 2.45. The van der Waals surface area contributed by atoms with Crippen LogP contribution in [0, 0.1) is 0 Å². The van der Waals surface area contributed by atoms with Crippen molar-refractivity contribution in [3.8, 4) is 0 Å². The zero-order valence-electron chi connectivity index (χ0n) is 12.5. The Labute approximate surface area is 143 Å². The molecule has 0 spiro atoms. The highest BCUT2D eigenvalue weighted by atomic mass is 35.5. The highest BCUT2D eigenvalue weighted by molar-refractivity contribution is 6.38. The lowest BCUT2D eigenvalue weighted by Gasteiger charge is -2.23. The number of halogens is 1. The Bertz CT molecular complexity index is 897. The van der Waals surface area contributed by atoms with Crippen LogP contribution in [-0.4, -0.2) is 23.0 Å². The van der Waals surface area contributed by atoms with E-state index in [4.69, 9.17) is 22.4 Å². The summed E-state index contributed by atoms with van der Waals surface area (Å²) < 4.78 is 0.0622. The Kier molecular flexibility index (Phi) is 3.37. The molecule has 2 aliphatic heterocycles. The number of nitrogens with two attached hydrogens (primary N) is 1. The van der Waals surface area contributed by atoms with Crippen LogP contribution >= 0.6 is 11.6 Å². The number of fused-ring (bicyclic) bond motifs is 1. The number of rotatable bonds is 2.